The van der Waals surface area contributed by atoms with E-state index in [9.17, 15) is 4.79 Å². The molecule has 20 heavy (non-hydrogen) atoms. The Hall–Kier alpha value is -1.06. The maximum atomic E-state index is 11.9. The first-order chi connectivity index (χ1) is 9.72. The summed E-state index contributed by atoms with van der Waals surface area (Å²) in [5, 5.41) is 4.18. The zero-order chi connectivity index (χ0) is 13.9. The standard InChI is InChI=1S/C16H21ClN2O/c17-14-5-3-12(4-6-14)13-9-15(10-13)18-11-16(20)19-7-1-2-8-19/h3-6,13,15,18H,1-2,7-11H2. The van der Waals surface area contributed by atoms with Gasteiger partial charge in [-0.1, -0.05) is 23.7 Å². The number of nitrogens with one attached hydrogen (secondary N) is 1. The summed E-state index contributed by atoms with van der Waals surface area (Å²) >= 11 is 5.90. The molecule has 1 aliphatic carbocycles. The average Bonchev–Trinajstić information content (AvgIpc) is 2.92. The van der Waals surface area contributed by atoms with E-state index in [2.05, 4.69) is 17.4 Å². The molecule has 1 saturated heterocycles. The van der Waals surface area contributed by atoms with Crippen LogP contribution in [0.25, 0.3) is 0 Å². The first kappa shape index (κ1) is 13.9. The predicted molar refractivity (Wildman–Crippen MR) is 81.0 cm³/mol. The maximum absolute atomic E-state index is 11.9. The number of carbonyl (C=O) groups excluding carboxylic acids is 1. The van der Waals surface area contributed by atoms with Crippen LogP contribution in [0, 0.1) is 0 Å². The summed E-state index contributed by atoms with van der Waals surface area (Å²) in [5.74, 6) is 0.879. The zero-order valence-electron chi connectivity index (χ0n) is 11.6. The quantitative estimate of drug-likeness (QED) is 0.925. The number of benzene rings is 1. The van der Waals surface area contributed by atoms with E-state index < -0.39 is 0 Å². The van der Waals surface area contributed by atoms with E-state index in [0.29, 0.717) is 18.5 Å². The fourth-order valence-corrected chi connectivity index (χ4v) is 3.23. The van der Waals surface area contributed by atoms with Crippen LogP contribution in [0.1, 0.15) is 37.2 Å². The minimum Gasteiger partial charge on any atom is -0.342 e. The van der Waals surface area contributed by atoms with Gasteiger partial charge in [0.25, 0.3) is 0 Å². The van der Waals surface area contributed by atoms with Crippen molar-refractivity contribution in [3.05, 3.63) is 34.9 Å². The lowest BCUT2D eigenvalue weighted by Gasteiger charge is -2.36. The van der Waals surface area contributed by atoms with Crippen molar-refractivity contribution in [2.45, 2.75) is 37.6 Å². The molecule has 4 heteroatoms. The number of likely N-dealkylation sites (tertiary alicyclic amines) is 1. The van der Waals surface area contributed by atoms with E-state index in [0.717, 1.165) is 43.8 Å². The molecule has 0 unspecified atom stereocenters. The summed E-state index contributed by atoms with van der Waals surface area (Å²) in [5.41, 5.74) is 1.36. The van der Waals surface area contributed by atoms with E-state index in [-0.39, 0.29) is 5.91 Å². The second-order valence-electron chi connectivity index (χ2n) is 5.89. The van der Waals surface area contributed by atoms with E-state index in [1.165, 1.54) is 5.56 Å². The van der Waals surface area contributed by atoms with Crippen LogP contribution in [0.3, 0.4) is 0 Å². The molecule has 0 spiro atoms. The first-order valence-electron chi connectivity index (χ1n) is 7.49. The van der Waals surface area contributed by atoms with E-state index >= 15 is 0 Å². The van der Waals surface area contributed by atoms with Crippen LogP contribution in [0.15, 0.2) is 24.3 Å². The molecule has 1 aromatic carbocycles. The highest BCUT2D eigenvalue weighted by atomic mass is 35.5. The monoisotopic (exact) mass is 292 g/mol. The summed E-state index contributed by atoms with van der Waals surface area (Å²) in [6.45, 7) is 2.38. The fraction of sp³-hybridized carbons (Fsp3) is 0.562. The Balaban J connectivity index is 1.40. The van der Waals surface area contributed by atoms with Gasteiger partial charge < -0.3 is 10.2 Å². The number of hydrogen-bond donors (Lipinski definition) is 1. The molecule has 1 aromatic rings. The molecule has 1 saturated carbocycles. The van der Waals surface area contributed by atoms with E-state index in [1.54, 1.807) is 0 Å². The van der Waals surface area contributed by atoms with Crippen molar-refractivity contribution in [1.29, 1.82) is 0 Å². The Labute approximate surface area is 125 Å². The Morgan fingerprint density at radius 2 is 1.85 bits per heavy atom. The molecule has 0 atom stereocenters. The molecule has 1 N–H and O–H groups in total. The van der Waals surface area contributed by atoms with Gasteiger partial charge in [0.05, 0.1) is 6.54 Å². The summed E-state index contributed by atoms with van der Waals surface area (Å²) in [4.78, 5) is 13.9. The van der Waals surface area contributed by atoms with Crippen molar-refractivity contribution >= 4 is 17.5 Å². The van der Waals surface area contributed by atoms with E-state index in [4.69, 9.17) is 11.6 Å². The topological polar surface area (TPSA) is 32.3 Å². The lowest BCUT2D eigenvalue weighted by atomic mass is 9.76. The van der Waals surface area contributed by atoms with Crippen LogP contribution in [0.4, 0.5) is 0 Å². The molecule has 1 amide bonds. The van der Waals surface area contributed by atoms with Crippen LogP contribution in [0.2, 0.25) is 5.02 Å². The van der Waals surface area contributed by atoms with Gasteiger partial charge in [0.2, 0.25) is 5.91 Å². The second kappa shape index (κ2) is 6.15. The average molecular weight is 293 g/mol. The van der Waals surface area contributed by atoms with Gasteiger partial charge in [0, 0.05) is 24.2 Å². The van der Waals surface area contributed by atoms with Crippen molar-refractivity contribution in [2.24, 2.45) is 0 Å². The third kappa shape index (κ3) is 3.15. The van der Waals surface area contributed by atoms with Crippen LogP contribution in [-0.2, 0) is 4.79 Å². The van der Waals surface area contributed by atoms with Crippen LogP contribution < -0.4 is 5.32 Å². The highest BCUT2D eigenvalue weighted by molar-refractivity contribution is 6.30. The van der Waals surface area contributed by atoms with Gasteiger partial charge in [0.15, 0.2) is 0 Å². The third-order valence-electron chi connectivity index (χ3n) is 4.48. The van der Waals surface area contributed by atoms with Crippen molar-refractivity contribution in [1.82, 2.24) is 10.2 Å². The predicted octanol–water partition coefficient (Wildman–Crippen LogP) is 2.80. The number of halogens is 1. The van der Waals surface area contributed by atoms with Crippen LogP contribution in [0.5, 0.6) is 0 Å². The lowest BCUT2D eigenvalue weighted by Crippen LogP contribution is -2.45. The molecule has 0 radical (unpaired) electrons. The molecule has 1 heterocycles. The highest BCUT2D eigenvalue weighted by Crippen LogP contribution is 2.37. The minimum absolute atomic E-state index is 0.262. The number of rotatable bonds is 4. The Morgan fingerprint density at radius 3 is 2.50 bits per heavy atom. The number of amides is 1. The number of hydrogen-bond acceptors (Lipinski definition) is 2. The Kier molecular flexibility index (Phi) is 4.27. The van der Waals surface area contributed by atoms with Crippen molar-refractivity contribution in [3.8, 4) is 0 Å². The van der Waals surface area contributed by atoms with Gasteiger partial charge in [0.1, 0.15) is 0 Å². The van der Waals surface area contributed by atoms with Gasteiger partial charge in [-0.05, 0) is 49.3 Å². The minimum atomic E-state index is 0.262. The largest absolute Gasteiger partial charge is 0.342 e. The molecular weight excluding hydrogens is 272 g/mol. The first-order valence-corrected chi connectivity index (χ1v) is 7.87. The summed E-state index contributed by atoms with van der Waals surface area (Å²) in [7, 11) is 0. The van der Waals surface area contributed by atoms with Crippen LogP contribution >= 0.6 is 11.6 Å². The zero-order valence-corrected chi connectivity index (χ0v) is 12.4. The molecule has 1 aliphatic heterocycles. The molecule has 3 nitrogen and oxygen atoms in total. The highest BCUT2D eigenvalue weighted by Gasteiger charge is 2.30. The normalized spacial score (nSPS) is 25.6. The van der Waals surface area contributed by atoms with Crippen LogP contribution in [-0.4, -0.2) is 36.5 Å². The van der Waals surface area contributed by atoms with Crippen molar-refractivity contribution in [3.63, 3.8) is 0 Å². The number of carbonyl (C=O) groups is 1. The summed E-state index contributed by atoms with van der Waals surface area (Å²) < 4.78 is 0. The molecule has 3 rings (SSSR count). The molecule has 2 fully saturated rings. The third-order valence-corrected chi connectivity index (χ3v) is 4.73. The van der Waals surface area contributed by atoms with Crippen molar-refractivity contribution in [2.75, 3.05) is 19.6 Å². The smallest absolute Gasteiger partial charge is 0.236 e. The summed E-state index contributed by atoms with van der Waals surface area (Å²) in [6, 6.07) is 8.61. The van der Waals surface area contributed by atoms with Gasteiger partial charge in [-0.15, -0.1) is 0 Å². The molecule has 0 bridgehead atoms. The van der Waals surface area contributed by atoms with Gasteiger partial charge in [-0.2, -0.15) is 0 Å². The Morgan fingerprint density at radius 1 is 1.20 bits per heavy atom. The van der Waals surface area contributed by atoms with Crippen molar-refractivity contribution < 1.29 is 4.79 Å². The Bertz CT molecular complexity index is 462. The van der Waals surface area contributed by atoms with Gasteiger partial charge >= 0.3 is 0 Å². The maximum Gasteiger partial charge on any atom is 0.236 e. The fourth-order valence-electron chi connectivity index (χ4n) is 3.10. The summed E-state index contributed by atoms with van der Waals surface area (Å²) in [6.07, 6.45) is 4.56. The molecule has 108 valence electrons. The van der Waals surface area contributed by atoms with E-state index in [1.807, 2.05) is 17.0 Å². The molecule has 2 aliphatic rings. The van der Waals surface area contributed by atoms with Gasteiger partial charge in [-0.25, -0.2) is 0 Å². The second-order valence-corrected chi connectivity index (χ2v) is 6.32. The molecule has 0 aromatic heterocycles. The lowest BCUT2D eigenvalue weighted by molar-refractivity contribution is -0.129. The molecular formula is C16H21ClN2O. The SMILES string of the molecule is O=C(CNC1CC(c2ccc(Cl)cc2)C1)N1CCCC1. The van der Waals surface area contributed by atoms with Gasteiger partial charge in [-0.3, -0.25) is 4.79 Å². The number of nitrogens with zero attached hydrogens (tertiary/aromatic N) is 1.